The van der Waals surface area contributed by atoms with Crippen molar-refractivity contribution in [1.29, 1.82) is 0 Å². The maximum atomic E-state index is 12.3. The summed E-state index contributed by atoms with van der Waals surface area (Å²) in [6, 6.07) is 0.276. The van der Waals surface area contributed by atoms with E-state index in [0.29, 0.717) is 17.8 Å². The number of hydrogen-bond donors (Lipinski definition) is 1. The molecule has 4 aliphatic rings. The second-order valence-electron chi connectivity index (χ2n) is 8.91. The maximum absolute atomic E-state index is 12.3. The molecular weight excluding hydrogens is 326 g/mol. The van der Waals surface area contributed by atoms with Crippen LogP contribution in [-0.4, -0.2) is 25.0 Å². The summed E-state index contributed by atoms with van der Waals surface area (Å²) in [7, 11) is 1.52. The lowest BCUT2D eigenvalue weighted by Crippen LogP contribution is -2.59. The molecule has 7 unspecified atom stereocenters. The van der Waals surface area contributed by atoms with Crippen molar-refractivity contribution in [3.63, 3.8) is 0 Å². The van der Waals surface area contributed by atoms with Gasteiger partial charge in [0.25, 0.3) is 0 Å². The van der Waals surface area contributed by atoms with Crippen LogP contribution in [0.4, 0.5) is 0 Å². The van der Waals surface area contributed by atoms with Crippen molar-refractivity contribution in [3.05, 3.63) is 12.2 Å². The summed E-state index contributed by atoms with van der Waals surface area (Å²) in [5.41, 5.74) is 0.167. The summed E-state index contributed by atoms with van der Waals surface area (Å²) < 4.78 is 5.10. The second-order valence-corrected chi connectivity index (χ2v) is 8.91. The molecule has 0 aromatic carbocycles. The van der Waals surface area contributed by atoms with Crippen LogP contribution < -0.4 is 5.32 Å². The summed E-state index contributed by atoms with van der Waals surface area (Å²) in [6.45, 7) is 8.66. The van der Waals surface area contributed by atoms with Gasteiger partial charge in [0.15, 0.2) is 0 Å². The van der Waals surface area contributed by atoms with E-state index in [4.69, 9.17) is 4.74 Å². The molecule has 26 heavy (non-hydrogen) atoms. The Kier molecular flexibility index (Phi) is 5.24. The average Bonchev–Trinajstić information content (AvgIpc) is 3.00. The minimum absolute atomic E-state index is 0.0110. The van der Waals surface area contributed by atoms with Gasteiger partial charge < -0.3 is 10.1 Å². The average molecular weight is 362 g/mol. The minimum atomic E-state index is -0.0110. The van der Waals surface area contributed by atoms with E-state index in [1.54, 1.807) is 6.08 Å². The number of carbonyl (C=O) groups excluding carboxylic acids is 2. The van der Waals surface area contributed by atoms with Crippen LogP contribution in [0.1, 0.15) is 66.2 Å². The van der Waals surface area contributed by atoms with Crippen LogP contribution in [-0.2, 0) is 14.3 Å². The van der Waals surface area contributed by atoms with E-state index in [1.165, 1.54) is 13.5 Å². The molecule has 0 bridgehead atoms. The van der Waals surface area contributed by atoms with Crippen LogP contribution >= 0.6 is 0 Å². The van der Waals surface area contributed by atoms with Gasteiger partial charge in [0.1, 0.15) is 0 Å². The number of rotatable bonds is 1. The Bertz CT molecular complexity index is 600. The first-order valence-corrected chi connectivity index (χ1v) is 10.5. The molecule has 3 aliphatic carbocycles. The number of fused-ring (bicyclic) bond motifs is 5. The van der Waals surface area contributed by atoms with E-state index in [9.17, 15) is 9.59 Å². The fourth-order valence-corrected chi connectivity index (χ4v) is 6.86. The van der Waals surface area contributed by atoms with Gasteiger partial charge in [-0.05, 0) is 67.8 Å². The smallest absolute Gasteiger partial charge is 0.309 e. The van der Waals surface area contributed by atoms with Crippen molar-refractivity contribution in [3.8, 4) is 0 Å². The van der Waals surface area contributed by atoms with Gasteiger partial charge in [-0.15, -0.1) is 0 Å². The lowest BCUT2D eigenvalue weighted by atomic mass is 9.48. The molecule has 4 heteroatoms. The highest BCUT2D eigenvalue weighted by Gasteiger charge is 2.61. The monoisotopic (exact) mass is 361 g/mol. The molecule has 0 radical (unpaired) electrons. The van der Waals surface area contributed by atoms with E-state index in [2.05, 4.69) is 25.2 Å². The van der Waals surface area contributed by atoms with Gasteiger partial charge in [-0.2, -0.15) is 0 Å². The number of hydrogen-bond acceptors (Lipinski definition) is 3. The Morgan fingerprint density at radius 2 is 1.85 bits per heavy atom. The predicted octanol–water partition coefficient (Wildman–Crippen LogP) is 4.10. The van der Waals surface area contributed by atoms with Crippen molar-refractivity contribution in [1.82, 2.24) is 5.32 Å². The molecule has 3 fully saturated rings. The normalized spacial score (nSPS) is 46.0. The highest BCUT2D eigenvalue weighted by Crippen LogP contribution is 2.65. The zero-order valence-corrected chi connectivity index (χ0v) is 17.0. The molecule has 7 atom stereocenters. The Morgan fingerprint density at radius 3 is 2.54 bits per heavy atom. The van der Waals surface area contributed by atoms with Gasteiger partial charge in [0, 0.05) is 11.5 Å². The molecule has 4 rings (SSSR count). The van der Waals surface area contributed by atoms with Gasteiger partial charge in [-0.25, -0.2) is 0 Å². The van der Waals surface area contributed by atoms with Crippen molar-refractivity contribution < 1.29 is 14.3 Å². The minimum Gasteiger partial charge on any atom is -0.469 e. The molecular formula is C22H35NO3. The van der Waals surface area contributed by atoms with E-state index < -0.39 is 0 Å². The molecule has 1 amide bonds. The third-order valence-electron chi connectivity index (χ3n) is 8.17. The molecule has 1 aliphatic heterocycles. The van der Waals surface area contributed by atoms with Crippen LogP contribution in [0.2, 0.25) is 0 Å². The molecule has 0 aromatic heterocycles. The molecule has 0 aromatic rings. The summed E-state index contributed by atoms with van der Waals surface area (Å²) in [5.74, 6) is 2.01. The van der Waals surface area contributed by atoms with Gasteiger partial charge in [0.05, 0.1) is 13.0 Å². The number of carbonyl (C=O) groups is 2. The fraction of sp³-hybridized carbons (Fsp3) is 0.818. The highest BCUT2D eigenvalue weighted by atomic mass is 16.5. The van der Waals surface area contributed by atoms with Gasteiger partial charge >= 0.3 is 5.97 Å². The van der Waals surface area contributed by atoms with Gasteiger partial charge in [0.2, 0.25) is 5.91 Å². The standard InChI is InChI=1S/C20H29NO3.C2H6/c1-19-10-8-14-12(13(19)5-6-15(19)18(23)24-3)4-7-16-20(14,2)11-9-17(22)21-16;1-2/h9,11-16H,4-8,10H2,1-3H3,(H,21,22);1-2H3. The third-order valence-corrected chi connectivity index (χ3v) is 8.17. The first-order chi connectivity index (χ1) is 12.4. The van der Waals surface area contributed by atoms with E-state index in [-0.39, 0.29) is 34.7 Å². The predicted molar refractivity (Wildman–Crippen MR) is 102 cm³/mol. The molecule has 146 valence electrons. The second kappa shape index (κ2) is 7.01. The van der Waals surface area contributed by atoms with Crippen LogP contribution in [0.5, 0.6) is 0 Å². The lowest BCUT2D eigenvalue weighted by Gasteiger charge is -2.58. The van der Waals surface area contributed by atoms with Gasteiger partial charge in [-0.3, -0.25) is 9.59 Å². The quantitative estimate of drug-likeness (QED) is 0.716. The topological polar surface area (TPSA) is 55.4 Å². The third kappa shape index (κ3) is 2.71. The van der Waals surface area contributed by atoms with Crippen LogP contribution in [0.15, 0.2) is 12.2 Å². The lowest BCUT2D eigenvalue weighted by molar-refractivity contribution is -0.153. The number of esters is 1. The SMILES string of the molecule is CC.COC(=O)C1CCC2C3CCC4NC(=O)C=CC4(C)C3CCC12C. The van der Waals surface area contributed by atoms with Crippen molar-refractivity contribution in [2.45, 2.75) is 72.3 Å². The number of amides is 1. The largest absolute Gasteiger partial charge is 0.469 e. The zero-order valence-electron chi connectivity index (χ0n) is 17.0. The first-order valence-electron chi connectivity index (χ1n) is 10.5. The number of nitrogens with one attached hydrogen (secondary N) is 1. The van der Waals surface area contributed by atoms with Crippen LogP contribution in [0.3, 0.4) is 0 Å². The summed E-state index contributed by atoms with van der Waals surface area (Å²) in [5, 5.41) is 3.20. The number of ether oxygens (including phenoxy) is 1. The molecule has 0 spiro atoms. The molecule has 4 nitrogen and oxygen atoms in total. The maximum Gasteiger partial charge on any atom is 0.309 e. The Hall–Kier alpha value is -1.32. The first kappa shape index (κ1) is 19.4. The highest BCUT2D eigenvalue weighted by molar-refractivity contribution is 5.89. The van der Waals surface area contributed by atoms with Crippen molar-refractivity contribution in [2.24, 2.45) is 34.5 Å². The van der Waals surface area contributed by atoms with Crippen molar-refractivity contribution in [2.75, 3.05) is 7.11 Å². The number of methoxy groups -OCH3 is 1. The van der Waals surface area contributed by atoms with E-state index in [1.807, 2.05) is 13.8 Å². The summed E-state index contributed by atoms with van der Waals surface area (Å²) in [6.07, 6.45) is 10.5. The molecule has 0 saturated heterocycles. The van der Waals surface area contributed by atoms with Crippen molar-refractivity contribution >= 4 is 11.9 Å². The van der Waals surface area contributed by atoms with Crippen LogP contribution in [0.25, 0.3) is 0 Å². The molecule has 3 saturated carbocycles. The Balaban J connectivity index is 0.000000948. The van der Waals surface area contributed by atoms with E-state index in [0.717, 1.165) is 32.1 Å². The zero-order chi connectivity index (χ0) is 19.1. The molecule has 1 heterocycles. The Morgan fingerprint density at radius 1 is 1.12 bits per heavy atom. The van der Waals surface area contributed by atoms with Crippen LogP contribution in [0, 0.1) is 34.5 Å². The van der Waals surface area contributed by atoms with E-state index >= 15 is 0 Å². The fourth-order valence-electron chi connectivity index (χ4n) is 6.86. The summed E-state index contributed by atoms with van der Waals surface area (Å²) in [4.78, 5) is 24.0. The summed E-state index contributed by atoms with van der Waals surface area (Å²) >= 11 is 0. The molecule has 1 N–H and O–H groups in total. The van der Waals surface area contributed by atoms with Gasteiger partial charge in [-0.1, -0.05) is 33.8 Å². The Labute approximate surface area is 158 Å².